The van der Waals surface area contributed by atoms with Gasteiger partial charge in [-0.05, 0) is 12.5 Å². The molecule has 0 aromatic carbocycles. The normalized spacial score (nSPS) is 21.1. The molecule has 1 unspecified atom stereocenters. The van der Waals surface area contributed by atoms with Crippen LogP contribution in [-0.4, -0.2) is 62.7 Å². The molecule has 0 aliphatic carbocycles. The number of hydrogen-bond acceptors (Lipinski definition) is 11. The van der Waals surface area contributed by atoms with Crippen molar-refractivity contribution in [3.8, 4) is 0 Å². The van der Waals surface area contributed by atoms with Crippen molar-refractivity contribution in [2.75, 3.05) is 18.3 Å². The Labute approximate surface area is 173 Å². The minimum absolute atomic E-state index is 0. The second-order valence-corrected chi connectivity index (χ2v) is 8.96. The molecule has 0 bridgehead atoms. The maximum atomic E-state index is 12.5. The van der Waals surface area contributed by atoms with Gasteiger partial charge in [0.1, 0.15) is 22.1 Å². The van der Waals surface area contributed by atoms with E-state index >= 15 is 0 Å². The number of carbonyl (C=O) groups excluding carboxylic acids is 3. The molecule has 13 heteroatoms. The molecule has 1 amide bonds. The number of esters is 2. The van der Waals surface area contributed by atoms with Gasteiger partial charge in [0.05, 0.1) is 0 Å². The van der Waals surface area contributed by atoms with Crippen LogP contribution in [0.1, 0.15) is 11.9 Å². The molecule has 2 aliphatic rings. The van der Waals surface area contributed by atoms with E-state index in [-0.39, 0.29) is 29.4 Å². The van der Waals surface area contributed by atoms with E-state index in [0.29, 0.717) is 11.5 Å². The molecule has 27 heavy (non-hydrogen) atoms. The predicted octanol–water partition coefficient (Wildman–Crippen LogP) is 0.921. The van der Waals surface area contributed by atoms with Crippen LogP contribution >= 0.6 is 47.3 Å². The van der Waals surface area contributed by atoms with E-state index in [2.05, 4.69) is 14.9 Å². The Balaban J connectivity index is 0.00000261. The van der Waals surface area contributed by atoms with Gasteiger partial charge in [-0.15, -0.1) is 34.4 Å². The van der Waals surface area contributed by atoms with Crippen LogP contribution in [0.25, 0.3) is 0 Å². The lowest BCUT2D eigenvalue weighted by molar-refractivity contribution is -0.166. The van der Waals surface area contributed by atoms with Crippen molar-refractivity contribution in [2.45, 2.75) is 29.6 Å². The van der Waals surface area contributed by atoms with Gasteiger partial charge in [-0.1, -0.05) is 23.1 Å². The molecule has 2 aliphatic heterocycles. The summed E-state index contributed by atoms with van der Waals surface area (Å²) in [6, 6.07) is -0.628. The van der Waals surface area contributed by atoms with Crippen molar-refractivity contribution in [3.63, 3.8) is 0 Å². The van der Waals surface area contributed by atoms with E-state index < -0.39 is 24.8 Å². The number of carbonyl (C=O) groups is 3. The largest absolute Gasteiger partial charge is 0.428 e. The Morgan fingerprint density at radius 1 is 1.37 bits per heavy atom. The number of nitrogens with two attached hydrogens (primary N) is 1. The van der Waals surface area contributed by atoms with Crippen LogP contribution in [-0.2, 0) is 23.9 Å². The quantitative estimate of drug-likeness (QED) is 0.288. The van der Waals surface area contributed by atoms with E-state index in [0.717, 1.165) is 14.9 Å². The van der Waals surface area contributed by atoms with Crippen LogP contribution in [0.5, 0.6) is 0 Å². The zero-order chi connectivity index (χ0) is 18.8. The highest BCUT2D eigenvalue weighted by molar-refractivity contribution is 8.01. The molecule has 1 saturated heterocycles. The molecule has 1 fully saturated rings. The SMILES string of the molecule is CC(=O)OCOC(=O)C1=C(CSc2nnc(C)s2)CS[C@@H]2C(N)C(=O)N12.Cl. The minimum Gasteiger partial charge on any atom is -0.428 e. The molecule has 0 radical (unpaired) electrons. The summed E-state index contributed by atoms with van der Waals surface area (Å²) >= 11 is 4.40. The van der Waals surface area contributed by atoms with Gasteiger partial charge >= 0.3 is 11.9 Å². The van der Waals surface area contributed by atoms with Gasteiger partial charge in [-0.2, -0.15) is 0 Å². The fourth-order valence-electron chi connectivity index (χ4n) is 2.40. The number of aromatic nitrogens is 2. The summed E-state index contributed by atoms with van der Waals surface area (Å²) in [6.07, 6.45) is 0. The Morgan fingerprint density at radius 3 is 2.74 bits per heavy atom. The van der Waals surface area contributed by atoms with Crippen molar-refractivity contribution in [2.24, 2.45) is 5.73 Å². The number of amides is 1. The van der Waals surface area contributed by atoms with Gasteiger partial charge in [0, 0.05) is 18.4 Å². The fraction of sp³-hybridized carbons (Fsp3) is 0.500. The maximum absolute atomic E-state index is 12.5. The molecular formula is C14H17ClN4O5S3. The summed E-state index contributed by atoms with van der Waals surface area (Å²) in [7, 11) is 0. The summed E-state index contributed by atoms with van der Waals surface area (Å²) < 4.78 is 10.4. The summed E-state index contributed by atoms with van der Waals surface area (Å²) in [5.41, 5.74) is 6.74. The molecule has 1 aromatic heterocycles. The number of nitrogens with zero attached hydrogens (tertiary/aromatic N) is 3. The first-order valence-corrected chi connectivity index (χ1v) is 10.4. The van der Waals surface area contributed by atoms with E-state index in [1.165, 1.54) is 46.7 Å². The number of halogens is 1. The van der Waals surface area contributed by atoms with Crippen molar-refractivity contribution >= 4 is 65.1 Å². The summed E-state index contributed by atoms with van der Waals surface area (Å²) in [6.45, 7) is 2.57. The van der Waals surface area contributed by atoms with Crippen molar-refractivity contribution in [1.82, 2.24) is 15.1 Å². The Bertz CT molecular complexity index is 787. The van der Waals surface area contributed by atoms with Crippen molar-refractivity contribution < 1.29 is 23.9 Å². The lowest BCUT2D eigenvalue weighted by Crippen LogP contribution is -2.68. The van der Waals surface area contributed by atoms with Gasteiger partial charge in [-0.3, -0.25) is 14.5 Å². The molecule has 2 N–H and O–H groups in total. The van der Waals surface area contributed by atoms with Gasteiger partial charge in [-0.25, -0.2) is 4.79 Å². The van der Waals surface area contributed by atoms with Crippen molar-refractivity contribution in [3.05, 3.63) is 16.3 Å². The first-order chi connectivity index (χ1) is 12.4. The maximum Gasteiger partial charge on any atom is 0.357 e. The molecule has 1 aromatic rings. The summed E-state index contributed by atoms with van der Waals surface area (Å²) in [4.78, 5) is 36.8. The molecule has 2 atom stereocenters. The first kappa shape index (κ1) is 22.0. The van der Waals surface area contributed by atoms with Gasteiger partial charge in [0.15, 0.2) is 4.34 Å². The second-order valence-electron chi connectivity index (χ2n) is 5.45. The average molecular weight is 453 g/mol. The average Bonchev–Trinajstić information content (AvgIpc) is 3.03. The lowest BCUT2D eigenvalue weighted by Gasteiger charge is -2.48. The summed E-state index contributed by atoms with van der Waals surface area (Å²) in [5, 5.41) is 8.57. The van der Waals surface area contributed by atoms with Gasteiger partial charge in [0.2, 0.25) is 12.7 Å². The molecule has 3 rings (SSSR count). The predicted molar refractivity (Wildman–Crippen MR) is 103 cm³/mol. The first-order valence-electron chi connectivity index (χ1n) is 7.54. The molecular weight excluding hydrogens is 436 g/mol. The number of rotatable bonds is 6. The number of hydrogen-bond donors (Lipinski definition) is 1. The monoisotopic (exact) mass is 452 g/mol. The third kappa shape index (κ3) is 4.74. The van der Waals surface area contributed by atoms with Gasteiger partial charge < -0.3 is 15.2 Å². The van der Waals surface area contributed by atoms with E-state index in [1.807, 2.05) is 6.92 Å². The second kappa shape index (κ2) is 9.24. The van der Waals surface area contributed by atoms with Crippen LogP contribution in [0.3, 0.4) is 0 Å². The number of ether oxygens (including phenoxy) is 2. The zero-order valence-electron chi connectivity index (χ0n) is 14.4. The molecule has 0 spiro atoms. The van der Waals surface area contributed by atoms with Crippen LogP contribution in [0, 0.1) is 6.92 Å². The van der Waals surface area contributed by atoms with E-state index in [1.54, 1.807) is 0 Å². The topological polar surface area (TPSA) is 125 Å². The van der Waals surface area contributed by atoms with E-state index in [4.69, 9.17) is 10.5 Å². The fourth-order valence-corrected chi connectivity index (χ4v) is 5.65. The van der Waals surface area contributed by atoms with Crippen LogP contribution in [0.2, 0.25) is 0 Å². The zero-order valence-corrected chi connectivity index (χ0v) is 17.6. The Kier molecular flexibility index (Phi) is 7.51. The molecule has 0 saturated carbocycles. The number of aryl methyl sites for hydroxylation is 1. The smallest absolute Gasteiger partial charge is 0.357 e. The highest BCUT2D eigenvalue weighted by atomic mass is 35.5. The molecule has 3 heterocycles. The van der Waals surface area contributed by atoms with Crippen LogP contribution in [0.4, 0.5) is 0 Å². The van der Waals surface area contributed by atoms with Gasteiger partial charge in [0.25, 0.3) is 0 Å². The summed E-state index contributed by atoms with van der Waals surface area (Å²) in [5.74, 6) is -0.582. The highest BCUT2D eigenvalue weighted by Crippen LogP contribution is 2.41. The standard InChI is InChI=1S/C14H16N4O5S3.ClH/c1-6-16-17-14(26-6)25-4-8-3-24-12-9(15)11(20)18(12)10(8)13(21)23-5-22-7(2)19;/h9,12H,3-5,15H2,1-2H3;1H/t9?,12-;/m1./s1. The molecule has 148 valence electrons. The van der Waals surface area contributed by atoms with Crippen LogP contribution < -0.4 is 5.73 Å². The third-order valence-electron chi connectivity index (χ3n) is 3.61. The van der Waals surface area contributed by atoms with E-state index in [9.17, 15) is 14.4 Å². The number of β-lactam (4-membered cyclic amide) rings is 1. The highest BCUT2D eigenvalue weighted by Gasteiger charge is 2.52. The number of thioether (sulfide) groups is 2. The Hall–Kier alpha value is -1.34. The van der Waals surface area contributed by atoms with Crippen molar-refractivity contribution in [1.29, 1.82) is 0 Å². The minimum atomic E-state index is -0.708. The molecule has 9 nitrogen and oxygen atoms in total. The van der Waals surface area contributed by atoms with Crippen LogP contribution in [0.15, 0.2) is 15.6 Å². The lowest BCUT2D eigenvalue weighted by atomic mass is 10.0. The third-order valence-corrected chi connectivity index (χ3v) is 7.03. The number of fused-ring (bicyclic) bond motifs is 1. The Morgan fingerprint density at radius 2 is 2.11 bits per heavy atom.